The van der Waals surface area contributed by atoms with Gasteiger partial charge in [-0.1, -0.05) is 60.3 Å². The summed E-state index contributed by atoms with van der Waals surface area (Å²) in [5.74, 6) is 1.55. The molecule has 1 aromatic heterocycles. The molecule has 2 aromatic carbocycles. The van der Waals surface area contributed by atoms with Crippen molar-refractivity contribution in [3.05, 3.63) is 72.8 Å². The highest BCUT2D eigenvalue weighted by molar-refractivity contribution is 8.00. The number of para-hydroxylation sites is 1. The van der Waals surface area contributed by atoms with E-state index in [0.29, 0.717) is 17.5 Å². The van der Waals surface area contributed by atoms with Gasteiger partial charge in [0.2, 0.25) is 5.91 Å². The van der Waals surface area contributed by atoms with E-state index in [4.69, 9.17) is 4.74 Å². The van der Waals surface area contributed by atoms with Crippen molar-refractivity contribution in [3.63, 3.8) is 0 Å². The third-order valence-electron chi connectivity index (χ3n) is 5.34. The Bertz CT molecular complexity index is 1040. The Morgan fingerprint density at radius 1 is 1.13 bits per heavy atom. The van der Waals surface area contributed by atoms with Crippen molar-refractivity contribution < 1.29 is 9.53 Å². The molecule has 4 rings (SSSR count). The third-order valence-corrected chi connectivity index (χ3v) is 6.57. The molecule has 0 aliphatic carbocycles. The van der Waals surface area contributed by atoms with Crippen LogP contribution >= 0.6 is 11.8 Å². The quantitative estimate of drug-likeness (QED) is 0.383. The lowest BCUT2D eigenvalue weighted by Gasteiger charge is -2.23. The van der Waals surface area contributed by atoms with Crippen molar-refractivity contribution in [1.82, 2.24) is 19.7 Å². The van der Waals surface area contributed by atoms with E-state index in [1.807, 2.05) is 70.1 Å². The average molecular weight is 435 g/mol. The lowest BCUT2D eigenvalue weighted by molar-refractivity contribution is -0.129. The normalized spacial score (nSPS) is 14.4. The lowest BCUT2D eigenvalue weighted by atomic mass is 10.1. The number of aromatic nitrogens is 3. The van der Waals surface area contributed by atoms with Gasteiger partial charge in [0.1, 0.15) is 11.0 Å². The van der Waals surface area contributed by atoms with E-state index in [1.54, 1.807) is 7.11 Å². The summed E-state index contributed by atoms with van der Waals surface area (Å²) in [7, 11) is 1.64. The van der Waals surface area contributed by atoms with Crippen LogP contribution in [0.2, 0.25) is 0 Å². The van der Waals surface area contributed by atoms with E-state index in [2.05, 4.69) is 16.8 Å². The van der Waals surface area contributed by atoms with Crippen molar-refractivity contribution in [2.24, 2.45) is 0 Å². The van der Waals surface area contributed by atoms with Crippen molar-refractivity contribution in [3.8, 4) is 17.1 Å². The number of thioether (sulfide) groups is 1. The molecule has 1 aliphatic heterocycles. The molecule has 1 fully saturated rings. The van der Waals surface area contributed by atoms with Crippen LogP contribution in [-0.2, 0) is 11.3 Å². The highest BCUT2D eigenvalue weighted by Gasteiger charge is 2.31. The highest BCUT2D eigenvalue weighted by Crippen LogP contribution is 2.39. The van der Waals surface area contributed by atoms with Crippen molar-refractivity contribution in [2.75, 3.05) is 20.2 Å². The second-order valence-electron chi connectivity index (χ2n) is 7.35. The molecule has 0 spiro atoms. The largest absolute Gasteiger partial charge is 0.496 e. The van der Waals surface area contributed by atoms with Gasteiger partial charge in [0.25, 0.3) is 0 Å². The molecule has 0 N–H and O–H groups in total. The minimum absolute atomic E-state index is 0.126. The number of amides is 1. The number of hydrogen-bond donors (Lipinski definition) is 0. The molecule has 0 saturated carbocycles. The van der Waals surface area contributed by atoms with Crippen molar-refractivity contribution in [2.45, 2.75) is 29.8 Å². The number of methoxy groups -OCH3 is 1. The van der Waals surface area contributed by atoms with Gasteiger partial charge in [0.15, 0.2) is 11.0 Å². The van der Waals surface area contributed by atoms with Gasteiger partial charge in [-0.25, -0.2) is 0 Å². The number of carbonyl (C=O) groups excluding carboxylic acids is 1. The van der Waals surface area contributed by atoms with Crippen LogP contribution in [0.4, 0.5) is 0 Å². The zero-order chi connectivity index (χ0) is 21.6. The van der Waals surface area contributed by atoms with Crippen LogP contribution in [0.1, 0.15) is 23.7 Å². The van der Waals surface area contributed by atoms with Crippen LogP contribution in [0.25, 0.3) is 11.4 Å². The van der Waals surface area contributed by atoms with E-state index in [-0.39, 0.29) is 11.2 Å². The molecular weight excluding hydrogens is 408 g/mol. The molecular formula is C24H26N4O2S. The maximum atomic E-state index is 13.4. The number of hydrogen-bond acceptors (Lipinski definition) is 5. The third kappa shape index (κ3) is 4.51. The fraction of sp³-hybridized carbons (Fsp3) is 0.292. The van der Waals surface area contributed by atoms with E-state index in [9.17, 15) is 4.79 Å². The second-order valence-corrected chi connectivity index (χ2v) is 8.42. The first-order valence-corrected chi connectivity index (χ1v) is 11.3. The summed E-state index contributed by atoms with van der Waals surface area (Å²) < 4.78 is 7.51. The predicted octanol–water partition coefficient (Wildman–Crippen LogP) is 4.60. The fourth-order valence-corrected chi connectivity index (χ4v) is 4.93. The van der Waals surface area contributed by atoms with Gasteiger partial charge in [-0.05, 0) is 30.5 Å². The first kappa shape index (κ1) is 21.2. The standard InChI is InChI=1S/C24H26N4O2S/c1-3-15-28-22(19-13-7-8-14-20(19)30-2)25-26-24(28)31-21(18-11-5-4-6-12-18)23(29)27-16-9-10-17-27/h3-8,11-14,21H,1,9-10,15-17H2,2H3/t21-/m1/s1. The van der Waals surface area contributed by atoms with Crippen LogP contribution in [0.15, 0.2) is 72.4 Å². The monoisotopic (exact) mass is 434 g/mol. The van der Waals surface area contributed by atoms with E-state index in [0.717, 1.165) is 42.8 Å². The number of rotatable bonds is 8. The first-order valence-electron chi connectivity index (χ1n) is 10.4. The zero-order valence-corrected chi connectivity index (χ0v) is 18.4. The molecule has 0 bridgehead atoms. The minimum atomic E-state index is -0.377. The van der Waals surface area contributed by atoms with E-state index < -0.39 is 0 Å². The first-order chi connectivity index (χ1) is 15.2. The van der Waals surface area contributed by atoms with Crippen LogP contribution < -0.4 is 4.74 Å². The average Bonchev–Trinajstić information content (AvgIpc) is 3.49. The minimum Gasteiger partial charge on any atom is -0.496 e. The second kappa shape index (κ2) is 9.83. The van der Waals surface area contributed by atoms with Gasteiger partial charge in [-0.15, -0.1) is 16.8 Å². The Hall–Kier alpha value is -3.06. The Labute approximate surface area is 186 Å². The molecule has 3 aromatic rings. The topological polar surface area (TPSA) is 60.2 Å². The summed E-state index contributed by atoms with van der Waals surface area (Å²) in [5, 5.41) is 9.22. The fourth-order valence-electron chi connectivity index (χ4n) is 3.80. The van der Waals surface area contributed by atoms with Gasteiger partial charge in [0.05, 0.1) is 12.7 Å². The Morgan fingerprint density at radius 3 is 2.55 bits per heavy atom. The van der Waals surface area contributed by atoms with Gasteiger partial charge < -0.3 is 9.64 Å². The number of allylic oxidation sites excluding steroid dienone is 1. The Morgan fingerprint density at radius 2 is 1.84 bits per heavy atom. The summed E-state index contributed by atoms with van der Waals surface area (Å²) in [6.45, 7) is 6.06. The predicted molar refractivity (Wildman–Crippen MR) is 123 cm³/mol. The van der Waals surface area contributed by atoms with Gasteiger partial charge in [-0.3, -0.25) is 9.36 Å². The number of ether oxygens (including phenoxy) is 1. The van der Waals surface area contributed by atoms with Crippen LogP contribution in [0, 0.1) is 0 Å². The van der Waals surface area contributed by atoms with Crippen LogP contribution in [0.5, 0.6) is 5.75 Å². The molecule has 2 heterocycles. The Balaban J connectivity index is 1.72. The zero-order valence-electron chi connectivity index (χ0n) is 17.6. The molecule has 1 amide bonds. The van der Waals surface area contributed by atoms with Crippen LogP contribution in [-0.4, -0.2) is 45.8 Å². The molecule has 0 radical (unpaired) electrons. The number of nitrogens with zero attached hydrogens (tertiary/aromatic N) is 4. The summed E-state index contributed by atoms with van der Waals surface area (Å²) in [6, 6.07) is 17.6. The maximum absolute atomic E-state index is 13.4. The molecule has 6 nitrogen and oxygen atoms in total. The number of benzene rings is 2. The SMILES string of the molecule is C=CCn1c(S[C@@H](C(=O)N2CCCC2)c2ccccc2)nnc1-c1ccccc1OC. The Kier molecular flexibility index (Phi) is 6.72. The summed E-state index contributed by atoms with van der Waals surface area (Å²) in [4.78, 5) is 15.4. The molecule has 31 heavy (non-hydrogen) atoms. The molecule has 1 atom stereocenters. The van der Waals surface area contributed by atoms with Gasteiger partial charge in [0, 0.05) is 19.6 Å². The lowest BCUT2D eigenvalue weighted by Crippen LogP contribution is -2.31. The van der Waals surface area contributed by atoms with Crippen LogP contribution in [0.3, 0.4) is 0 Å². The van der Waals surface area contributed by atoms with E-state index >= 15 is 0 Å². The maximum Gasteiger partial charge on any atom is 0.240 e. The molecule has 0 unspecified atom stereocenters. The van der Waals surface area contributed by atoms with Crippen molar-refractivity contribution >= 4 is 17.7 Å². The van der Waals surface area contributed by atoms with E-state index in [1.165, 1.54) is 11.8 Å². The van der Waals surface area contributed by atoms with Gasteiger partial charge in [-0.2, -0.15) is 0 Å². The smallest absolute Gasteiger partial charge is 0.240 e. The number of carbonyl (C=O) groups is 1. The molecule has 7 heteroatoms. The summed E-state index contributed by atoms with van der Waals surface area (Å²) in [5.41, 5.74) is 1.82. The van der Waals surface area contributed by atoms with Gasteiger partial charge >= 0.3 is 0 Å². The molecule has 160 valence electrons. The van der Waals surface area contributed by atoms with Crippen molar-refractivity contribution in [1.29, 1.82) is 0 Å². The summed E-state index contributed by atoms with van der Waals surface area (Å²) in [6.07, 6.45) is 3.93. The molecule has 1 aliphatic rings. The highest BCUT2D eigenvalue weighted by atomic mass is 32.2. The number of likely N-dealkylation sites (tertiary alicyclic amines) is 1. The molecule has 1 saturated heterocycles. The summed E-state index contributed by atoms with van der Waals surface area (Å²) >= 11 is 1.44.